The summed E-state index contributed by atoms with van der Waals surface area (Å²) in [7, 11) is 5.93. The summed E-state index contributed by atoms with van der Waals surface area (Å²) in [6.07, 6.45) is 0. The third-order valence-corrected chi connectivity index (χ3v) is 3.44. The van der Waals surface area contributed by atoms with Gasteiger partial charge in [0.1, 0.15) is 5.75 Å². The van der Waals surface area contributed by atoms with E-state index in [0.717, 1.165) is 0 Å². The van der Waals surface area contributed by atoms with E-state index in [9.17, 15) is 9.90 Å². The molecule has 0 saturated heterocycles. The van der Waals surface area contributed by atoms with Crippen LogP contribution in [0.25, 0.3) is 11.1 Å². The van der Waals surface area contributed by atoms with Gasteiger partial charge < -0.3 is 24.1 Å². The van der Waals surface area contributed by atoms with E-state index in [2.05, 4.69) is 0 Å². The molecule has 1 N–H and O–H groups in total. The number of methoxy groups -OCH3 is 4. The van der Waals surface area contributed by atoms with Crippen LogP contribution in [0.3, 0.4) is 0 Å². The van der Waals surface area contributed by atoms with Crippen molar-refractivity contribution in [2.75, 3.05) is 28.4 Å². The maximum Gasteiger partial charge on any atom is 0.336 e. The van der Waals surface area contributed by atoms with E-state index in [4.69, 9.17) is 18.9 Å². The Kier molecular flexibility index (Phi) is 4.95. The van der Waals surface area contributed by atoms with Gasteiger partial charge in [0, 0.05) is 5.56 Å². The van der Waals surface area contributed by atoms with E-state index < -0.39 is 5.97 Å². The number of carboxylic acids is 1. The van der Waals surface area contributed by atoms with Gasteiger partial charge in [-0.25, -0.2) is 4.79 Å². The van der Waals surface area contributed by atoms with Crippen LogP contribution in [0.5, 0.6) is 23.0 Å². The minimum atomic E-state index is -1.09. The summed E-state index contributed by atoms with van der Waals surface area (Å²) >= 11 is 0. The minimum Gasteiger partial charge on any atom is -0.497 e. The lowest BCUT2D eigenvalue weighted by atomic mass is 9.97. The number of carbonyl (C=O) groups is 1. The van der Waals surface area contributed by atoms with Crippen molar-refractivity contribution >= 4 is 5.97 Å². The Bertz CT molecular complexity index is 706. The van der Waals surface area contributed by atoms with Crippen molar-refractivity contribution in [3.8, 4) is 34.1 Å². The molecule has 0 spiro atoms. The van der Waals surface area contributed by atoms with E-state index in [1.54, 1.807) is 31.4 Å². The molecule has 0 fully saturated rings. The van der Waals surface area contributed by atoms with Gasteiger partial charge in [0.25, 0.3) is 0 Å². The molecule has 122 valence electrons. The molecule has 0 radical (unpaired) electrons. The maximum absolute atomic E-state index is 11.7. The first kappa shape index (κ1) is 16.5. The smallest absolute Gasteiger partial charge is 0.336 e. The van der Waals surface area contributed by atoms with Crippen molar-refractivity contribution in [1.82, 2.24) is 0 Å². The highest BCUT2D eigenvalue weighted by Crippen LogP contribution is 2.46. The van der Waals surface area contributed by atoms with Crippen LogP contribution >= 0.6 is 0 Å². The summed E-state index contributed by atoms with van der Waals surface area (Å²) < 4.78 is 21.1. The standard InChI is InChI=1S/C17H18O6/c1-20-11-7-5-10(6-8-11)14-12(17(18)19)9-13(21-2)15(22-3)16(14)23-4/h5-9H,1-4H3,(H,18,19). The normalized spacial score (nSPS) is 10.1. The van der Waals surface area contributed by atoms with Crippen molar-refractivity contribution in [1.29, 1.82) is 0 Å². The first-order valence-electron chi connectivity index (χ1n) is 6.78. The molecule has 23 heavy (non-hydrogen) atoms. The second kappa shape index (κ2) is 6.91. The van der Waals surface area contributed by atoms with Gasteiger partial charge in [0.05, 0.1) is 34.0 Å². The van der Waals surface area contributed by atoms with E-state index in [1.807, 2.05) is 0 Å². The first-order valence-corrected chi connectivity index (χ1v) is 6.78. The van der Waals surface area contributed by atoms with Crippen LogP contribution in [0.4, 0.5) is 0 Å². The zero-order valence-corrected chi connectivity index (χ0v) is 13.4. The Morgan fingerprint density at radius 2 is 1.48 bits per heavy atom. The first-order chi connectivity index (χ1) is 11.1. The third-order valence-electron chi connectivity index (χ3n) is 3.44. The van der Waals surface area contributed by atoms with Crippen molar-refractivity contribution in [3.63, 3.8) is 0 Å². The van der Waals surface area contributed by atoms with Gasteiger partial charge in [-0.3, -0.25) is 0 Å². The molecule has 2 rings (SSSR count). The summed E-state index contributed by atoms with van der Waals surface area (Å²) in [5.74, 6) is 0.513. The number of hydrogen-bond donors (Lipinski definition) is 1. The maximum atomic E-state index is 11.7. The van der Waals surface area contributed by atoms with Gasteiger partial charge in [-0.15, -0.1) is 0 Å². The summed E-state index contributed by atoms with van der Waals surface area (Å²) in [6, 6.07) is 8.43. The Morgan fingerprint density at radius 3 is 1.91 bits per heavy atom. The summed E-state index contributed by atoms with van der Waals surface area (Å²) in [6.45, 7) is 0. The van der Waals surface area contributed by atoms with Crippen LogP contribution in [0.15, 0.2) is 30.3 Å². The van der Waals surface area contributed by atoms with E-state index in [1.165, 1.54) is 27.4 Å². The molecule has 0 bridgehead atoms. The SMILES string of the molecule is COc1ccc(-c2c(C(=O)O)cc(OC)c(OC)c2OC)cc1. The molecule has 0 aliphatic heterocycles. The molecule has 0 atom stereocenters. The number of aromatic carboxylic acids is 1. The molecular weight excluding hydrogens is 300 g/mol. The van der Waals surface area contributed by atoms with Gasteiger partial charge >= 0.3 is 5.97 Å². The lowest BCUT2D eigenvalue weighted by Crippen LogP contribution is -2.05. The molecule has 6 heteroatoms. The lowest BCUT2D eigenvalue weighted by molar-refractivity contribution is 0.0697. The second-order valence-corrected chi connectivity index (χ2v) is 4.60. The predicted octanol–water partition coefficient (Wildman–Crippen LogP) is 3.09. The van der Waals surface area contributed by atoms with E-state index in [0.29, 0.717) is 34.1 Å². The van der Waals surface area contributed by atoms with Gasteiger partial charge in [0.2, 0.25) is 5.75 Å². The number of ether oxygens (including phenoxy) is 4. The third kappa shape index (κ3) is 3.01. The molecule has 0 aliphatic rings. The summed E-state index contributed by atoms with van der Waals surface area (Å²) in [4.78, 5) is 11.7. The highest BCUT2D eigenvalue weighted by atomic mass is 16.5. The quantitative estimate of drug-likeness (QED) is 0.882. The van der Waals surface area contributed by atoms with Crippen LogP contribution in [0.2, 0.25) is 0 Å². The highest BCUT2D eigenvalue weighted by molar-refractivity contribution is 6.00. The Hall–Kier alpha value is -2.89. The average molecular weight is 318 g/mol. The number of benzene rings is 2. The zero-order chi connectivity index (χ0) is 17.0. The molecule has 0 unspecified atom stereocenters. The Morgan fingerprint density at radius 1 is 0.870 bits per heavy atom. The number of hydrogen-bond acceptors (Lipinski definition) is 5. The molecule has 0 aliphatic carbocycles. The van der Waals surface area contributed by atoms with Gasteiger partial charge in [-0.2, -0.15) is 0 Å². The summed E-state index contributed by atoms with van der Waals surface area (Å²) in [5.41, 5.74) is 1.14. The van der Waals surface area contributed by atoms with Gasteiger partial charge in [-0.1, -0.05) is 12.1 Å². The fourth-order valence-corrected chi connectivity index (χ4v) is 2.37. The fourth-order valence-electron chi connectivity index (χ4n) is 2.37. The average Bonchev–Trinajstić information content (AvgIpc) is 2.59. The lowest BCUT2D eigenvalue weighted by Gasteiger charge is -2.18. The van der Waals surface area contributed by atoms with Crippen molar-refractivity contribution in [3.05, 3.63) is 35.9 Å². The van der Waals surface area contributed by atoms with Crippen molar-refractivity contribution < 1.29 is 28.8 Å². The molecule has 0 aromatic heterocycles. The molecule has 2 aromatic rings. The van der Waals surface area contributed by atoms with Crippen molar-refractivity contribution in [2.24, 2.45) is 0 Å². The van der Waals surface area contributed by atoms with E-state index >= 15 is 0 Å². The fraction of sp³-hybridized carbons (Fsp3) is 0.235. The number of carboxylic acid groups (broad SMARTS) is 1. The molecular formula is C17H18O6. The molecule has 0 saturated carbocycles. The second-order valence-electron chi connectivity index (χ2n) is 4.60. The predicted molar refractivity (Wildman–Crippen MR) is 85.0 cm³/mol. The van der Waals surface area contributed by atoms with Crippen LogP contribution in [-0.4, -0.2) is 39.5 Å². The topological polar surface area (TPSA) is 74.2 Å². The molecule has 0 heterocycles. The molecule has 2 aromatic carbocycles. The van der Waals surface area contributed by atoms with Crippen LogP contribution in [0, 0.1) is 0 Å². The van der Waals surface area contributed by atoms with E-state index in [-0.39, 0.29) is 5.56 Å². The Labute approximate surface area is 134 Å². The zero-order valence-electron chi connectivity index (χ0n) is 13.4. The minimum absolute atomic E-state index is 0.0599. The van der Waals surface area contributed by atoms with Crippen LogP contribution in [0.1, 0.15) is 10.4 Å². The number of rotatable bonds is 6. The van der Waals surface area contributed by atoms with Gasteiger partial charge in [0.15, 0.2) is 11.5 Å². The Balaban J connectivity index is 2.79. The van der Waals surface area contributed by atoms with Crippen LogP contribution < -0.4 is 18.9 Å². The monoisotopic (exact) mass is 318 g/mol. The summed E-state index contributed by atoms with van der Waals surface area (Å²) in [5, 5.41) is 9.55. The van der Waals surface area contributed by atoms with Crippen LogP contribution in [-0.2, 0) is 0 Å². The molecule has 6 nitrogen and oxygen atoms in total. The van der Waals surface area contributed by atoms with Crippen molar-refractivity contribution in [2.45, 2.75) is 0 Å². The highest BCUT2D eigenvalue weighted by Gasteiger charge is 2.25. The van der Waals surface area contributed by atoms with Gasteiger partial charge in [-0.05, 0) is 23.8 Å². The molecule has 0 amide bonds. The largest absolute Gasteiger partial charge is 0.497 e.